The first kappa shape index (κ1) is 23.9. The molecule has 11 atom stereocenters. The molecule has 4 aliphatic rings. The second-order valence-corrected chi connectivity index (χ2v) is 8.70. The monoisotopic (exact) mass is 478 g/mol. The number of aliphatic hydroxyl groups excluding tert-OH is 4. The van der Waals surface area contributed by atoms with Crippen molar-refractivity contribution in [1.29, 1.82) is 0 Å². The number of esters is 1. The molecule has 0 aromatic carbocycles. The van der Waals surface area contributed by atoms with E-state index in [0.29, 0.717) is 5.57 Å². The zero-order chi connectivity index (χ0) is 23.2. The van der Waals surface area contributed by atoms with E-state index in [9.17, 15) is 30.0 Å². The molecule has 4 rings (SSSR count). The molecule has 0 aromatic heterocycles. The number of ether oxygens (including phenoxy) is 6. The summed E-state index contributed by atoms with van der Waals surface area (Å²) < 4.78 is 33.2. The van der Waals surface area contributed by atoms with Gasteiger partial charge in [0.1, 0.15) is 43.0 Å². The van der Waals surface area contributed by atoms with Crippen LogP contribution in [0.15, 0.2) is 11.6 Å². The van der Waals surface area contributed by atoms with E-state index in [1.807, 2.05) is 0 Å². The van der Waals surface area contributed by atoms with Crippen molar-refractivity contribution in [3.8, 4) is 0 Å². The Hall–Kier alpha value is -1.29. The van der Waals surface area contributed by atoms with Crippen molar-refractivity contribution in [2.45, 2.75) is 49.4 Å². The van der Waals surface area contributed by atoms with Crippen molar-refractivity contribution in [2.75, 3.05) is 26.6 Å². The highest BCUT2D eigenvalue weighted by molar-refractivity contribution is 8.12. The number of methoxy groups -OCH3 is 1. The number of thioether (sulfide) groups is 1. The highest BCUT2D eigenvalue weighted by Gasteiger charge is 2.62. The van der Waals surface area contributed by atoms with Gasteiger partial charge < -0.3 is 48.8 Å². The van der Waals surface area contributed by atoms with E-state index in [1.165, 1.54) is 7.11 Å². The molecule has 32 heavy (non-hydrogen) atoms. The Morgan fingerprint density at radius 3 is 2.50 bits per heavy atom. The molecule has 0 bridgehead atoms. The summed E-state index contributed by atoms with van der Waals surface area (Å²) in [6.07, 6.45) is -6.93. The molecule has 4 N–H and O–H groups in total. The van der Waals surface area contributed by atoms with Crippen molar-refractivity contribution in [2.24, 2.45) is 17.8 Å². The van der Waals surface area contributed by atoms with Crippen LogP contribution >= 0.6 is 11.8 Å². The third-order valence-corrected chi connectivity index (χ3v) is 6.72. The molecule has 0 amide bonds. The van der Waals surface area contributed by atoms with Gasteiger partial charge in [-0.3, -0.25) is 4.79 Å². The Morgan fingerprint density at radius 2 is 1.84 bits per heavy atom. The SMILES string of the molecule is CO[C@H]1O[C@@H](O[C@@H]2O[C@H](CO)[C@@H](O)[C@H](O)[C@H]2O)[C@@H]2C(COC(=O)SC)=C[C@H]3OC(=O)[C@H]1[C@H]23. The molecule has 3 aliphatic heterocycles. The smallest absolute Gasteiger partial charge is 0.367 e. The Balaban J connectivity index is 1.58. The van der Waals surface area contributed by atoms with Crippen LogP contribution in [-0.2, 0) is 33.2 Å². The lowest BCUT2D eigenvalue weighted by Gasteiger charge is -2.45. The molecule has 1 aliphatic carbocycles. The zero-order valence-electron chi connectivity index (χ0n) is 17.3. The molecule has 3 fully saturated rings. The maximum absolute atomic E-state index is 12.4. The van der Waals surface area contributed by atoms with Gasteiger partial charge in [-0.15, -0.1) is 0 Å². The van der Waals surface area contributed by atoms with E-state index in [2.05, 4.69) is 0 Å². The maximum Gasteiger partial charge on any atom is 0.367 e. The topological polar surface area (TPSA) is 170 Å². The van der Waals surface area contributed by atoms with Crippen LogP contribution in [0.5, 0.6) is 0 Å². The number of hydrogen-bond donors (Lipinski definition) is 4. The van der Waals surface area contributed by atoms with Gasteiger partial charge in [-0.1, -0.05) is 0 Å². The van der Waals surface area contributed by atoms with E-state index < -0.39 is 85.0 Å². The Labute approximate surface area is 187 Å². The van der Waals surface area contributed by atoms with E-state index in [4.69, 9.17) is 28.4 Å². The van der Waals surface area contributed by atoms with Crippen molar-refractivity contribution < 1.29 is 58.4 Å². The molecule has 3 saturated heterocycles. The summed E-state index contributed by atoms with van der Waals surface area (Å²) in [5, 5.41) is 39.3. The summed E-state index contributed by atoms with van der Waals surface area (Å²) in [5.74, 6) is -2.27. The van der Waals surface area contributed by atoms with E-state index in [1.54, 1.807) is 12.3 Å². The van der Waals surface area contributed by atoms with Gasteiger partial charge in [-0.05, 0) is 29.7 Å². The molecular weight excluding hydrogens is 452 g/mol. The zero-order valence-corrected chi connectivity index (χ0v) is 18.1. The maximum atomic E-state index is 12.4. The van der Waals surface area contributed by atoms with Gasteiger partial charge in [0.2, 0.25) is 0 Å². The van der Waals surface area contributed by atoms with Gasteiger partial charge in [-0.25, -0.2) is 4.79 Å². The predicted octanol–water partition coefficient (Wildman–Crippen LogP) is -1.65. The van der Waals surface area contributed by atoms with Crippen LogP contribution in [0, 0.1) is 17.8 Å². The van der Waals surface area contributed by atoms with Crippen LogP contribution in [-0.4, -0.2) is 108 Å². The molecule has 0 saturated carbocycles. The normalized spacial score (nSPS) is 45.2. The van der Waals surface area contributed by atoms with Gasteiger partial charge in [0.05, 0.1) is 6.61 Å². The Morgan fingerprint density at radius 1 is 1.09 bits per heavy atom. The van der Waals surface area contributed by atoms with Crippen molar-refractivity contribution in [1.82, 2.24) is 0 Å². The molecular formula is C19H26O12S. The molecule has 0 aromatic rings. The van der Waals surface area contributed by atoms with Crippen molar-refractivity contribution in [3.05, 3.63) is 11.6 Å². The molecule has 0 spiro atoms. The van der Waals surface area contributed by atoms with Gasteiger partial charge in [0, 0.05) is 18.9 Å². The largest absolute Gasteiger partial charge is 0.457 e. The fraction of sp³-hybridized carbons (Fsp3) is 0.789. The standard InChI is InChI=1S/C19H26O12S/c1-26-16-11-10-7(28-15(11)24)3-6(5-27-19(25)32-2)9(10)17(30-16)31-18-14(23)13(22)12(21)8(4-20)29-18/h3,7-14,16-18,20-23H,4-5H2,1-2H3/t7-,8-,9-,10+,11-,12-,13+,14-,16+,17+,18+/m1/s1. The Kier molecular flexibility index (Phi) is 7.10. The average molecular weight is 478 g/mol. The third kappa shape index (κ3) is 4.06. The first-order valence-electron chi connectivity index (χ1n) is 10.1. The van der Waals surface area contributed by atoms with E-state index in [-0.39, 0.29) is 6.61 Å². The minimum Gasteiger partial charge on any atom is -0.457 e. The van der Waals surface area contributed by atoms with E-state index in [0.717, 1.165) is 11.8 Å². The number of carbonyl (C=O) groups excluding carboxylic acids is 2. The summed E-state index contributed by atoms with van der Waals surface area (Å²) in [6.45, 7) is -0.706. The number of rotatable bonds is 6. The first-order chi connectivity index (χ1) is 15.3. The van der Waals surface area contributed by atoms with Crippen LogP contribution in [0.1, 0.15) is 0 Å². The summed E-state index contributed by atoms with van der Waals surface area (Å²) in [5.41, 5.74) is 0.601. The van der Waals surface area contributed by atoms with Crippen LogP contribution in [0.3, 0.4) is 0 Å². The number of carbonyl (C=O) groups is 2. The minimum absolute atomic E-state index is 0.0862. The second kappa shape index (κ2) is 9.52. The summed E-state index contributed by atoms with van der Waals surface area (Å²) >= 11 is 0.906. The van der Waals surface area contributed by atoms with Crippen LogP contribution in [0.25, 0.3) is 0 Å². The number of aliphatic hydroxyl groups is 4. The van der Waals surface area contributed by atoms with Crippen LogP contribution < -0.4 is 0 Å². The highest BCUT2D eigenvalue weighted by Crippen LogP contribution is 2.52. The second-order valence-electron chi connectivity index (χ2n) is 7.96. The molecule has 12 nitrogen and oxygen atoms in total. The quantitative estimate of drug-likeness (QED) is 0.253. The minimum atomic E-state index is -1.64. The van der Waals surface area contributed by atoms with Gasteiger partial charge in [-0.2, -0.15) is 0 Å². The van der Waals surface area contributed by atoms with Crippen LogP contribution in [0.2, 0.25) is 0 Å². The lowest BCUT2D eigenvalue weighted by Crippen LogP contribution is -2.61. The lowest BCUT2D eigenvalue weighted by molar-refractivity contribution is -0.375. The fourth-order valence-electron chi connectivity index (χ4n) is 4.72. The van der Waals surface area contributed by atoms with Crippen LogP contribution in [0.4, 0.5) is 4.79 Å². The molecule has 0 unspecified atom stereocenters. The van der Waals surface area contributed by atoms with Crippen molar-refractivity contribution in [3.63, 3.8) is 0 Å². The molecule has 180 valence electrons. The molecule has 3 heterocycles. The van der Waals surface area contributed by atoms with Gasteiger partial charge >= 0.3 is 11.3 Å². The molecule has 13 heteroatoms. The van der Waals surface area contributed by atoms with Gasteiger partial charge in [0.25, 0.3) is 0 Å². The fourth-order valence-corrected chi connectivity index (χ4v) is 4.90. The average Bonchev–Trinajstić information content (AvgIpc) is 3.31. The summed E-state index contributed by atoms with van der Waals surface area (Å²) in [6, 6.07) is 0. The summed E-state index contributed by atoms with van der Waals surface area (Å²) in [4.78, 5) is 24.0. The first-order valence-corrected chi connectivity index (χ1v) is 11.3. The predicted molar refractivity (Wildman–Crippen MR) is 104 cm³/mol. The third-order valence-electron chi connectivity index (χ3n) is 6.27. The molecule has 0 radical (unpaired) electrons. The Bertz CT molecular complexity index is 759. The highest BCUT2D eigenvalue weighted by atomic mass is 32.2. The summed E-state index contributed by atoms with van der Waals surface area (Å²) in [7, 11) is 1.36. The number of hydrogen-bond acceptors (Lipinski definition) is 13. The van der Waals surface area contributed by atoms with Gasteiger partial charge in [0.15, 0.2) is 18.9 Å². The van der Waals surface area contributed by atoms with E-state index >= 15 is 0 Å². The lowest BCUT2D eigenvalue weighted by atomic mass is 9.78. The van der Waals surface area contributed by atoms with Crippen molar-refractivity contribution >= 4 is 23.0 Å².